The molecule has 7 nitrogen and oxygen atoms in total. The molecule has 0 spiro atoms. The van der Waals surface area contributed by atoms with Gasteiger partial charge in [-0.25, -0.2) is 4.98 Å². The first kappa shape index (κ1) is 14.7. The van der Waals surface area contributed by atoms with Crippen LogP contribution in [0.4, 0.5) is 11.6 Å². The van der Waals surface area contributed by atoms with Crippen molar-refractivity contribution in [1.29, 1.82) is 0 Å². The number of nitro groups is 1. The summed E-state index contributed by atoms with van der Waals surface area (Å²) in [7, 11) is 0. The summed E-state index contributed by atoms with van der Waals surface area (Å²) in [6.45, 7) is 2.79. The van der Waals surface area contributed by atoms with Gasteiger partial charge in [0.05, 0.1) is 4.92 Å². The SMILES string of the molecule is CCCNc1ncc([N+](=O)[O-])c(SCCCO)n1. The highest BCUT2D eigenvalue weighted by Gasteiger charge is 2.17. The predicted octanol–water partition coefficient (Wildman–Crippen LogP) is 1.68. The number of rotatable bonds is 8. The van der Waals surface area contributed by atoms with Crippen LogP contribution in [0, 0.1) is 10.1 Å². The van der Waals surface area contributed by atoms with E-state index in [4.69, 9.17) is 5.11 Å². The second-order valence-corrected chi connectivity index (χ2v) is 4.58. The second kappa shape index (κ2) is 7.83. The van der Waals surface area contributed by atoms with E-state index < -0.39 is 4.92 Å². The number of hydrogen-bond donors (Lipinski definition) is 2. The molecule has 0 amide bonds. The van der Waals surface area contributed by atoms with Crippen molar-refractivity contribution < 1.29 is 10.0 Å². The van der Waals surface area contributed by atoms with Gasteiger partial charge in [-0.1, -0.05) is 18.7 Å². The first-order chi connectivity index (χ1) is 8.69. The molecule has 1 aromatic heterocycles. The minimum Gasteiger partial charge on any atom is -0.396 e. The molecule has 0 saturated heterocycles. The summed E-state index contributed by atoms with van der Waals surface area (Å²) in [6.07, 6.45) is 2.71. The smallest absolute Gasteiger partial charge is 0.319 e. The van der Waals surface area contributed by atoms with E-state index in [9.17, 15) is 10.1 Å². The van der Waals surface area contributed by atoms with Crippen molar-refractivity contribution in [1.82, 2.24) is 9.97 Å². The number of anilines is 1. The van der Waals surface area contributed by atoms with Crippen molar-refractivity contribution in [3.8, 4) is 0 Å². The van der Waals surface area contributed by atoms with Crippen molar-refractivity contribution in [2.24, 2.45) is 0 Å². The molecule has 0 unspecified atom stereocenters. The Labute approximate surface area is 109 Å². The monoisotopic (exact) mass is 272 g/mol. The number of thioether (sulfide) groups is 1. The fourth-order valence-electron chi connectivity index (χ4n) is 1.15. The summed E-state index contributed by atoms with van der Waals surface area (Å²) < 4.78 is 0. The highest BCUT2D eigenvalue weighted by Crippen LogP contribution is 2.27. The van der Waals surface area contributed by atoms with Gasteiger partial charge >= 0.3 is 5.69 Å². The van der Waals surface area contributed by atoms with Crippen molar-refractivity contribution in [3.05, 3.63) is 16.3 Å². The number of aliphatic hydroxyl groups is 1. The van der Waals surface area contributed by atoms with Gasteiger partial charge in [-0.2, -0.15) is 4.98 Å². The third kappa shape index (κ3) is 4.46. The standard InChI is InChI=1S/C10H16N4O3S/c1-2-4-11-10-12-7-8(14(16)17)9(13-10)18-6-3-5-15/h7,15H,2-6H2,1H3,(H,11,12,13). The summed E-state index contributed by atoms with van der Waals surface area (Å²) in [6, 6.07) is 0. The molecule has 0 aliphatic carbocycles. The summed E-state index contributed by atoms with van der Waals surface area (Å²) in [5, 5.41) is 22.8. The lowest BCUT2D eigenvalue weighted by atomic mass is 10.5. The molecule has 1 aromatic rings. The molecule has 1 rings (SSSR count). The van der Waals surface area contributed by atoms with Crippen LogP contribution in [0.25, 0.3) is 0 Å². The Kier molecular flexibility index (Phi) is 6.37. The van der Waals surface area contributed by atoms with Gasteiger partial charge in [-0.3, -0.25) is 10.1 Å². The zero-order valence-electron chi connectivity index (χ0n) is 10.1. The van der Waals surface area contributed by atoms with Gasteiger partial charge in [0.15, 0.2) is 5.03 Å². The maximum Gasteiger partial charge on any atom is 0.319 e. The third-order valence-corrected chi connectivity index (χ3v) is 3.07. The number of hydrogen-bond acceptors (Lipinski definition) is 7. The lowest BCUT2D eigenvalue weighted by molar-refractivity contribution is -0.388. The van der Waals surface area contributed by atoms with Crippen LogP contribution in [0.5, 0.6) is 0 Å². The largest absolute Gasteiger partial charge is 0.396 e. The van der Waals surface area contributed by atoms with Crippen molar-refractivity contribution in [3.63, 3.8) is 0 Å². The highest BCUT2D eigenvalue weighted by molar-refractivity contribution is 7.99. The van der Waals surface area contributed by atoms with E-state index >= 15 is 0 Å². The molecule has 8 heteroatoms. The number of nitrogens with one attached hydrogen (secondary N) is 1. The van der Waals surface area contributed by atoms with E-state index in [0.29, 0.717) is 23.1 Å². The van der Waals surface area contributed by atoms with Crippen molar-refractivity contribution >= 4 is 23.4 Å². The zero-order chi connectivity index (χ0) is 13.4. The molecule has 0 bridgehead atoms. The first-order valence-corrected chi connectivity index (χ1v) is 6.66. The van der Waals surface area contributed by atoms with E-state index in [2.05, 4.69) is 15.3 Å². The van der Waals surface area contributed by atoms with Crippen LogP contribution in [0.2, 0.25) is 0 Å². The molecule has 18 heavy (non-hydrogen) atoms. The maximum absolute atomic E-state index is 10.8. The van der Waals surface area contributed by atoms with Crippen LogP contribution in [-0.2, 0) is 0 Å². The molecular weight excluding hydrogens is 256 g/mol. The molecule has 2 N–H and O–H groups in total. The molecular formula is C10H16N4O3S. The fourth-order valence-corrected chi connectivity index (χ4v) is 2.04. The Morgan fingerprint density at radius 2 is 2.39 bits per heavy atom. The van der Waals surface area contributed by atoms with Gasteiger partial charge < -0.3 is 10.4 Å². The van der Waals surface area contributed by atoms with Crippen LogP contribution < -0.4 is 5.32 Å². The third-order valence-electron chi connectivity index (χ3n) is 2.01. The summed E-state index contributed by atoms with van der Waals surface area (Å²) in [4.78, 5) is 18.3. The summed E-state index contributed by atoms with van der Waals surface area (Å²) in [5.41, 5.74) is -0.0972. The molecule has 0 fully saturated rings. The lowest BCUT2D eigenvalue weighted by Crippen LogP contribution is -2.06. The topological polar surface area (TPSA) is 101 Å². The van der Waals surface area contributed by atoms with Crippen LogP contribution in [0.15, 0.2) is 11.2 Å². The normalized spacial score (nSPS) is 10.3. The van der Waals surface area contributed by atoms with Gasteiger partial charge in [0.25, 0.3) is 0 Å². The van der Waals surface area contributed by atoms with Gasteiger partial charge in [0.1, 0.15) is 6.20 Å². The Balaban J connectivity index is 2.82. The second-order valence-electron chi connectivity index (χ2n) is 3.49. The minimum atomic E-state index is -0.495. The van der Waals surface area contributed by atoms with Gasteiger partial charge in [0, 0.05) is 18.9 Å². The average Bonchev–Trinajstić information content (AvgIpc) is 2.36. The van der Waals surface area contributed by atoms with E-state index in [1.807, 2.05) is 6.92 Å². The number of nitrogens with zero attached hydrogens (tertiary/aromatic N) is 3. The number of aromatic nitrogens is 2. The molecule has 1 heterocycles. The van der Waals surface area contributed by atoms with Gasteiger partial charge in [0.2, 0.25) is 5.95 Å². The lowest BCUT2D eigenvalue weighted by Gasteiger charge is -2.05. The zero-order valence-corrected chi connectivity index (χ0v) is 10.9. The van der Waals surface area contributed by atoms with Gasteiger partial charge in [-0.05, 0) is 12.8 Å². The van der Waals surface area contributed by atoms with Crippen LogP contribution in [-0.4, -0.2) is 38.9 Å². The fraction of sp³-hybridized carbons (Fsp3) is 0.600. The Morgan fingerprint density at radius 1 is 1.61 bits per heavy atom. The van der Waals surface area contributed by atoms with E-state index in [0.717, 1.165) is 13.0 Å². The molecule has 0 aliphatic heterocycles. The van der Waals surface area contributed by atoms with Crippen LogP contribution in [0.1, 0.15) is 19.8 Å². The first-order valence-electron chi connectivity index (χ1n) is 5.68. The quantitative estimate of drug-likeness (QED) is 0.244. The van der Waals surface area contributed by atoms with Crippen molar-refractivity contribution in [2.45, 2.75) is 24.8 Å². The maximum atomic E-state index is 10.8. The Bertz CT molecular complexity index is 403. The van der Waals surface area contributed by atoms with Gasteiger partial charge in [-0.15, -0.1) is 0 Å². The highest BCUT2D eigenvalue weighted by atomic mass is 32.2. The molecule has 0 aromatic carbocycles. The average molecular weight is 272 g/mol. The van der Waals surface area contributed by atoms with E-state index in [-0.39, 0.29) is 12.3 Å². The van der Waals surface area contributed by atoms with E-state index in [1.54, 1.807) is 0 Å². The van der Waals surface area contributed by atoms with E-state index in [1.165, 1.54) is 18.0 Å². The number of aliphatic hydroxyl groups excluding tert-OH is 1. The van der Waals surface area contributed by atoms with Crippen LogP contribution >= 0.6 is 11.8 Å². The predicted molar refractivity (Wildman–Crippen MR) is 69.9 cm³/mol. The molecule has 0 aliphatic rings. The minimum absolute atomic E-state index is 0.0623. The summed E-state index contributed by atoms with van der Waals surface area (Å²) in [5.74, 6) is 0.982. The Hall–Kier alpha value is -1.41. The molecule has 0 radical (unpaired) electrons. The summed E-state index contributed by atoms with van der Waals surface area (Å²) >= 11 is 1.25. The van der Waals surface area contributed by atoms with Crippen LogP contribution in [0.3, 0.4) is 0 Å². The Morgan fingerprint density at radius 3 is 3.00 bits per heavy atom. The molecule has 0 saturated carbocycles. The molecule has 0 atom stereocenters. The van der Waals surface area contributed by atoms with Crippen molar-refractivity contribution in [2.75, 3.05) is 24.2 Å². The molecule has 100 valence electrons.